The highest BCUT2D eigenvalue weighted by atomic mass is 35.5. The van der Waals surface area contributed by atoms with Crippen molar-refractivity contribution in [1.29, 1.82) is 0 Å². The molecular weight excluding hydrogens is 347 g/mol. The van der Waals surface area contributed by atoms with Crippen molar-refractivity contribution >= 4 is 29.7 Å². The molecule has 1 amide bonds. The number of benzene rings is 1. The van der Waals surface area contributed by atoms with Crippen molar-refractivity contribution < 1.29 is 9.18 Å². The average Bonchev–Trinajstić information content (AvgIpc) is 3.14. The number of thiophene rings is 1. The molecule has 130 valence electrons. The van der Waals surface area contributed by atoms with E-state index in [4.69, 9.17) is 5.73 Å². The van der Waals surface area contributed by atoms with Crippen LogP contribution in [0.25, 0.3) is 11.1 Å². The van der Waals surface area contributed by atoms with E-state index in [0.29, 0.717) is 17.3 Å². The summed E-state index contributed by atoms with van der Waals surface area (Å²) in [5.74, 6) is 0.0991. The first-order valence-electron chi connectivity index (χ1n) is 7.96. The summed E-state index contributed by atoms with van der Waals surface area (Å²) in [4.78, 5) is 14.3. The first-order valence-corrected chi connectivity index (χ1v) is 8.77. The van der Waals surface area contributed by atoms with Crippen LogP contribution in [0.4, 0.5) is 4.39 Å². The lowest BCUT2D eigenvalue weighted by molar-refractivity contribution is 0.0933. The van der Waals surface area contributed by atoms with Crippen LogP contribution in [0.5, 0.6) is 0 Å². The van der Waals surface area contributed by atoms with E-state index >= 15 is 0 Å². The van der Waals surface area contributed by atoms with E-state index in [1.165, 1.54) is 23.5 Å². The van der Waals surface area contributed by atoms with Gasteiger partial charge in [0, 0.05) is 10.9 Å². The number of rotatable bonds is 4. The number of nitrogens with one attached hydrogen (secondary N) is 1. The van der Waals surface area contributed by atoms with Gasteiger partial charge in [-0.25, -0.2) is 4.39 Å². The van der Waals surface area contributed by atoms with Crippen molar-refractivity contribution in [2.24, 2.45) is 11.7 Å². The molecule has 1 aromatic heterocycles. The number of carbonyl (C=O) groups is 1. The summed E-state index contributed by atoms with van der Waals surface area (Å²) in [7, 11) is 0. The van der Waals surface area contributed by atoms with Crippen molar-refractivity contribution in [1.82, 2.24) is 5.32 Å². The van der Waals surface area contributed by atoms with Crippen LogP contribution >= 0.6 is 23.7 Å². The van der Waals surface area contributed by atoms with Gasteiger partial charge in [0.1, 0.15) is 5.82 Å². The monoisotopic (exact) mass is 368 g/mol. The highest BCUT2D eigenvalue weighted by Crippen LogP contribution is 2.32. The fourth-order valence-corrected chi connectivity index (χ4v) is 4.20. The molecule has 2 atom stereocenters. The van der Waals surface area contributed by atoms with E-state index in [1.807, 2.05) is 13.0 Å². The van der Waals surface area contributed by atoms with Gasteiger partial charge in [0.2, 0.25) is 0 Å². The molecule has 0 spiro atoms. The molecule has 1 heterocycles. The molecule has 2 unspecified atom stereocenters. The number of carbonyl (C=O) groups excluding carboxylic acids is 1. The van der Waals surface area contributed by atoms with Crippen LogP contribution in [0.15, 0.2) is 30.3 Å². The molecule has 2 aromatic rings. The Morgan fingerprint density at radius 2 is 2.04 bits per heavy atom. The van der Waals surface area contributed by atoms with Crippen molar-refractivity contribution in [3.05, 3.63) is 45.9 Å². The molecule has 1 saturated carbocycles. The smallest absolute Gasteiger partial charge is 0.261 e. The first-order chi connectivity index (χ1) is 11.1. The summed E-state index contributed by atoms with van der Waals surface area (Å²) >= 11 is 1.48. The molecule has 1 aromatic carbocycles. The average molecular weight is 369 g/mol. The molecule has 0 saturated heterocycles. The molecule has 0 aliphatic heterocycles. The maximum atomic E-state index is 13.1. The maximum Gasteiger partial charge on any atom is 0.261 e. The van der Waals surface area contributed by atoms with E-state index in [0.717, 1.165) is 35.3 Å². The number of halogens is 2. The molecule has 0 bridgehead atoms. The van der Waals surface area contributed by atoms with Crippen LogP contribution in [0, 0.1) is 18.7 Å². The number of aryl methyl sites for hydroxylation is 1. The lowest BCUT2D eigenvalue weighted by Crippen LogP contribution is -2.39. The van der Waals surface area contributed by atoms with Crippen LogP contribution < -0.4 is 11.1 Å². The van der Waals surface area contributed by atoms with Gasteiger partial charge >= 0.3 is 0 Å². The minimum absolute atomic E-state index is 0. The third-order valence-corrected chi connectivity index (χ3v) is 5.62. The molecule has 3 rings (SSSR count). The van der Waals surface area contributed by atoms with Gasteiger partial charge < -0.3 is 11.1 Å². The molecule has 1 aliphatic rings. The van der Waals surface area contributed by atoms with Crippen molar-refractivity contribution in [2.45, 2.75) is 32.2 Å². The van der Waals surface area contributed by atoms with Crippen LogP contribution in [-0.4, -0.2) is 18.5 Å². The molecule has 0 radical (unpaired) electrons. The standard InChI is InChI=1S/C18H21FN2OS.ClH/c1-11-15(12-5-7-14(19)8-6-12)9-17(23-11)18(22)21-16-4-2-3-13(16)10-20;/h5-9,13,16H,2-4,10,20H2,1H3,(H,21,22);1H. The zero-order valence-electron chi connectivity index (χ0n) is 13.5. The summed E-state index contributed by atoms with van der Waals surface area (Å²) in [5, 5.41) is 3.13. The molecular formula is C18H22ClFN2OS. The predicted molar refractivity (Wildman–Crippen MR) is 99.3 cm³/mol. The Balaban J connectivity index is 0.00000208. The van der Waals surface area contributed by atoms with E-state index in [-0.39, 0.29) is 30.2 Å². The number of amides is 1. The van der Waals surface area contributed by atoms with Gasteiger partial charge in [-0.05, 0) is 61.6 Å². The Labute approximate surface area is 151 Å². The lowest BCUT2D eigenvalue weighted by atomic mass is 10.0. The van der Waals surface area contributed by atoms with Gasteiger partial charge in [-0.3, -0.25) is 4.79 Å². The van der Waals surface area contributed by atoms with Crippen molar-refractivity contribution in [3.8, 4) is 11.1 Å². The second-order valence-electron chi connectivity index (χ2n) is 6.09. The number of hydrogen-bond donors (Lipinski definition) is 2. The van der Waals surface area contributed by atoms with Crippen LogP contribution in [-0.2, 0) is 0 Å². The first kappa shape index (κ1) is 18.9. The largest absolute Gasteiger partial charge is 0.348 e. The zero-order chi connectivity index (χ0) is 16.4. The van der Waals surface area contributed by atoms with Crippen molar-refractivity contribution in [3.63, 3.8) is 0 Å². The van der Waals surface area contributed by atoms with E-state index in [2.05, 4.69) is 5.32 Å². The van der Waals surface area contributed by atoms with E-state index in [1.54, 1.807) is 12.1 Å². The highest BCUT2D eigenvalue weighted by Gasteiger charge is 2.28. The minimum Gasteiger partial charge on any atom is -0.348 e. The Morgan fingerprint density at radius 3 is 2.71 bits per heavy atom. The quantitative estimate of drug-likeness (QED) is 0.852. The lowest BCUT2D eigenvalue weighted by Gasteiger charge is -2.18. The van der Waals surface area contributed by atoms with Crippen LogP contribution in [0.3, 0.4) is 0 Å². The summed E-state index contributed by atoms with van der Waals surface area (Å²) < 4.78 is 13.1. The Bertz CT molecular complexity index is 702. The second-order valence-corrected chi connectivity index (χ2v) is 7.35. The van der Waals surface area contributed by atoms with E-state index in [9.17, 15) is 9.18 Å². The van der Waals surface area contributed by atoms with E-state index < -0.39 is 0 Å². The van der Waals surface area contributed by atoms with Gasteiger partial charge in [-0.15, -0.1) is 23.7 Å². The fourth-order valence-electron chi connectivity index (χ4n) is 3.26. The van der Waals surface area contributed by atoms with Gasteiger partial charge in [0.15, 0.2) is 0 Å². The number of hydrogen-bond acceptors (Lipinski definition) is 3. The van der Waals surface area contributed by atoms with Crippen molar-refractivity contribution in [2.75, 3.05) is 6.54 Å². The zero-order valence-corrected chi connectivity index (χ0v) is 15.2. The normalized spacial score (nSPS) is 19.8. The summed E-state index contributed by atoms with van der Waals surface area (Å²) in [6.45, 7) is 2.60. The maximum absolute atomic E-state index is 13.1. The molecule has 1 fully saturated rings. The SMILES string of the molecule is Cc1sc(C(=O)NC2CCCC2CN)cc1-c1ccc(F)cc1.Cl. The Morgan fingerprint density at radius 1 is 1.33 bits per heavy atom. The summed E-state index contributed by atoms with van der Waals surface area (Å²) in [6.07, 6.45) is 3.21. The molecule has 3 nitrogen and oxygen atoms in total. The topological polar surface area (TPSA) is 55.1 Å². The van der Waals surface area contributed by atoms with Gasteiger partial charge in [-0.1, -0.05) is 18.6 Å². The summed E-state index contributed by atoms with van der Waals surface area (Å²) in [5.41, 5.74) is 7.69. The van der Waals surface area contributed by atoms with Gasteiger partial charge in [0.25, 0.3) is 5.91 Å². The third kappa shape index (κ3) is 3.97. The Kier molecular flexibility index (Phi) is 6.38. The number of nitrogens with two attached hydrogens (primary N) is 1. The second kappa shape index (κ2) is 8.10. The minimum atomic E-state index is -0.256. The molecule has 3 N–H and O–H groups in total. The molecule has 24 heavy (non-hydrogen) atoms. The van der Waals surface area contributed by atoms with Gasteiger partial charge in [0.05, 0.1) is 4.88 Å². The predicted octanol–water partition coefficient (Wildman–Crippen LogP) is 4.14. The van der Waals surface area contributed by atoms with Crippen LogP contribution in [0.2, 0.25) is 0 Å². The molecule has 6 heteroatoms. The van der Waals surface area contributed by atoms with Gasteiger partial charge in [-0.2, -0.15) is 0 Å². The van der Waals surface area contributed by atoms with Crippen LogP contribution in [0.1, 0.15) is 33.8 Å². The third-order valence-electron chi connectivity index (χ3n) is 4.58. The molecule has 1 aliphatic carbocycles. The summed E-state index contributed by atoms with van der Waals surface area (Å²) in [6, 6.07) is 8.45. The highest BCUT2D eigenvalue weighted by molar-refractivity contribution is 7.14. The fraction of sp³-hybridized carbons (Fsp3) is 0.389. The Hall–Kier alpha value is -1.43.